The lowest BCUT2D eigenvalue weighted by Crippen LogP contribution is -2.41. The number of aromatic nitrogens is 3. The number of hydrogen-bond donors (Lipinski definition) is 1. The second-order valence-electron chi connectivity index (χ2n) is 6.40. The van der Waals surface area contributed by atoms with Crippen LogP contribution in [0.2, 0.25) is 0 Å². The molecule has 134 valence electrons. The Labute approximate surface area is 153 Å². The largest absolute Gasteiger partial charge is 0.350 e. The summed E-state index contributed by atoms with van der Waals surface area (Å²) < 4.78 is 1.66. The Bertz CT molecular complexity index is 813. The molecule has 1 heterocycles. The van der Waals surface area contributed by atoms with Gasteiger partial charge in [0.05, 0.1) is 5.69 Å². The monoisotopic (exact) mass is 349 g/mol. The summed E-state index contributed by atoms with van der Waals surface area (Å²) in [4.78, 5) is 18.5. The number of rotatable bonds is 7. The van der Waals surface area contributed by atoms with E-state index in [0.717, 1.165) is 12.1 Å². The van der Waals surface area contributed by atoms with E-state index < -0.39 is 0 Å². The van der Waals surface area contributed by atoms with Gasteiger partial charge in [-0.05, 0) is 50.3 Å². The van der Waals surface area contributed by atoms with Gasteiger partial charge in [-0.25, -0.2) is 9.67 Å². The second kappa shape index (κ2) is 8.40. The van der Waals surface area contributed by atoms with Gasteiger partial charge in [0.25, 0.3) is 5.91 Å². The zero-order valence-corrected chi connectivity index (χ0v) is 15.0. The quantitative estimate of drug-likeness (QED) is 0.710. The highest BCUT2D eigenvalue weighted by atomic mass is 16.1. The molecule has 1 aromatic heterocycles. The third kappa shape index (κ3) is 4.55. The first kappa shape index (κ1) is 17.8. The summed E-state index contributed by atoms with van der Waals surface area (Å²) in [7, 11) is 4.07. The highest BCUT2D eigenvalue weighted by Crippen LogP contribution is 2.09. The van der Waals surface area contributed by atoms with Gasteiger partial charge in [-0.15, -0.1) is 0 Å². The normalized spacial score (nSPS) is 12.1. The molecule has 0 aliphatic rings. The predicted octanol–water partition coefficient (Wildman–Crippen LogP) is 2.17. The molecule has 1 N–H and O–H groups in total. The summed E-state index contributed by atoms with van der Waals surface area (Å²) in [5, 5.41) is 7.12. The van der Waals surface area contributed by atoms with Crippen molar-refractivity contribution in [1.29, 1.82) is 0 Å². The van der Waals surface area contributed by atoms with E-state index in [4.69, 9.17) is 0 Å². The maximum Gasteiger partial charge on any atom is 0.251 e. The minimum absolute atomic E-state index is 0.0740. The third-order valence-electron chi connectivity index (χ3n) is 4.36. The van der Waals surface area contributed by atoms with E-state index in [9.17, 15) is 4.79 Å². The minimum atomic E-state index is -0.0740. The molecule has 0 saturated carbocycles. The van der Waals surface area contributed by atoms with Crippen molar-refractivity contribution in [3.05, 3.63) is 78.4 Å². The van der Waals surface area contributed by atoms with Gasteiger partial charge in [-0.2, -0.15) is 5.10 Å². The third-order valence-corrected chi connectivity index (χ3v) is 4.36. The molecule has 0 aliphatic carbocycles. The Balaban J connectivity index is 1.59. The standard InChI is InChI=1S/C20H23N5O/c1-24(2)19(12-16-6-4-3-5-7-16)13-22-20(26)17-8-10-18(11-9-17)25-15-21-14-23-25/h3-11,14-15,19H,12-13H2,1-2H3,(H,22,26). The van der Waals surface area contributed by atoms with Gasteiger partial charge in [0.1, 0.15) is 12.7 Å². The van der Waals surface area contributed by atoms with Crippen LogP contribution in [0.15, 0.2) is 67.3 Å². The molecule has 0 aliphatic heterocycles. The average Bonchev–Trinajstić information content (AvgIpc) is 3.20. The lowest BCUT2D eigenvalue weighted by atomic mass is 10.0. The minimum Gasteiger partial charge on any atom is -0.350 e. The van der Waals surface area contributed by atoms with Crippen LogP contribution in [0.25, 0.3) is 5.69 Å². The molecule has 26 heavy (non-hydrogen) atoms. The zero-order valence-electron chi connectivity index (χ0n) is 15.0. The van der Waals surface area contributed by atoms with Crippen molar-refractivity contribution in [2.75, 3.05) is 20.6 Å². The molecule has 2 aromatic carbocycles. The van der Waals surface area contributed by atoms with E-state index in [1.54, 1.807) is 23.1 Å². The fourth-order valence-electron chi connectivity index (χ4n) is 2.74. The highest BCUT2D eigenvalue weighted by Gasteiger charge is 2.14. The van der Waals surface area contributed by atoms with Gasteiger partial charge in [0, 0.05) is 18.2 Å². The summed E-state index contributed by atoms with van der Waals surface area (Å²) in [6.45, 7) is 0.589. The molecule has 6 nitrogen and oxygen atoms in total. The van der Waals surface area contributed by atoms with Crippen LogP contribution < -0.4 is 5.32 Å². The number of nitrogens with zero attached hydrogens (tertiary/aromatic N) is 4. The van der Waals surface area contributed by atoms with Crippen LogP contribution in [-0.2, 0) is 6.42 Å². The molecule has 1 atom stereocenters. The molecule has 0 fully saturated rings. The molecular formula is C20H23N5O. The van der Waals surface area contributed by atoms with Crippen LogP contribution in [0.1, 0.15) is 15.9 Å². The smallest absolute Gasteiger partial charge is 0.251 e. The van der Waals surface area contributed by atoms with Gasteiger partial charge in [-0.3, -0.25) is 4.79 Å². The zero-order chi connectivity index (χ0) is 18.4. The van der Waals surface area contributed by atoms with Gasteiger partial charge in [0.15, 0.2) is 0 Å². The first-order valence-corrected chi connectivity index (χ1v) is 8.57. The van der Waals surface area contributed by atoms with Crippen molar-refractivity contribution in [1.82, 2.24) is 25.0 Å². The molecular weight excluding hydrogens is 326 g/mol. The van der Waals surface area contributed by atoms with E-state index in [-0.39, 0.29) is 11.9 Å². The summed E-state index contributed by atoms with van der Waals surface area (Å²) in [5.74, 6) is -0.0740. The molecule has 3 aromatic rings. The van der Waals surface area contributed by atoms with E-state index in [0.29, 0.717) is 12.1 Å². The molecule has 6 heteroatoms. The molecule has 0 saturated heterocycles. The topological polar surface area (TPSA) is 63.1 Å². The Hall–Kier alpha value is -2.99. The van der Waals surface area contributed by atoms with E-state index in [2.05, 4.69) is 32.4 Å². The summed E-state index contributed by atoms with van der Waals surface area (Å²) >= 11 is 0. The van der Waals surface area contributed by atoms with Crippen LogP contribution in [0.4, 0.5) is 0 Å². The maximum atomic E-state index is 12.5. The van der Waals surface area contributed by atoms with Gasteiger partial charge in [0.2, 0.25) is 0 Å². The average molecular weight is 349 g/mol. The number of hydrogen-bond acceptors (Lipinski definition) is 4. The van der Waals surface area contributed by atoms with Crippen molar-refractivity contribution in [2.24, 2.45) is 0 Å². The number of carbonyl (C=O) groups is 1. The van der Waals surface area contributed by atoms with E-state index in [1.165, 1.54) is 11.9 Å². The second-order valence-corrected chi connectivity index (χ2v) is 6.40. The number of amides is 1. The fourth-order valence-corrected chi connectivity index (χ4v) is 2.74. The number of likely N-dealkylation sites (N-methyl/N-ethyl adjacent to an activating group) is 1. The SMILES string of the molecule is CN(C)C(CNC(=O)c1ccc(-n2cncn2)cc1)Cc1ccccc1. The van der Waals surface area contributed by atoms with Crippen molar-refractivity contribution < 1.29 is 4.79 Å². The van der Waals surface area contributed by atoms with Crippen LogP contribution in [-0.4, -0.2) is 52.3 Å². The first-order chi connectivity index (χ1) is 12.6. The highest BCUT2D eigenvalue weighted by molar-refractivity contribution is 5.94. The molecule has 1 amide bonds. The molecule has 0 spiro atoms. The lowest BCUT2D eigenvalue weighted by Gasteiger charge is -2.24. The maximum absolute atomic E-state index is 12.5. The van der Waals surface area contributed by atoms with E-state index >= 15 is 0 Å². The molecule has 0 bridgehead atoms. The van der Waals surface area contributed by atoms with Crippen molar-refractivity contribution in [2.45, 2.75) is 12.5 Å². The Kier molecular flexibility index (Phi) is 5.76. The fraction of sp³-hybridized carbons (Fsp3) is 0.250. The molecule has 3 rings (SSSR count). The summed E-state index contributed by atoms with van der Waals surface area (Å²) in [6.07, 6.45) is 3.99. The predicted molar refractivity (Wildman–Crippen MR) is 101 cm³/mol. The molecule has 1 unspecified atom stereocenters. The summed E-state index contributed by atoms with van der Waals surface area (Å²) in [6, 6.07) is 17.9. The van der Waals surface area contributed by atoms with Crippen LogP contribution >= 0.6 is 0 Å². The van der Waals surface area contributed by atoms with Crippen molar-refractivity contribution in [3.8, 4) is 5.69 Å². The van der Waals surface area contributed by atoms with Gasteiger partial charge >= 0.3 is 0 Å². The number of carbonyl (C=O) groups excluding carboxylic acids is 1. The van der Waals surface area contributed by atoms with Gasteiger partial charge in [-0.1, -0.05) is 30.3 Å². The van der Waals surface area contributed by atoms with Crippen LogP contribution in [0, 0.1) is 0 Å². The van der Waals surface area contributed by atoms with Gasteiger partial charge < -0.3 is 10.2 Å². The van der Waals surface area contributed by atoms with Crippen LogP contribution in [0.3, 0.4) is 0 Å². The Morgan fingerprint density at radius 3 is 2.46 bits per heavy atom. The van der Waals surface area contributed by atoms with Crippen molar-refractivity contribution in [3.63, 3.8) is 0 Å². The Morgan fingerprint density at radius 2 is 1.85 bits per heavy atom. The van der Waals surface area contributed by atoms with Crippen LogP contribution in [0.5, 0.6) is 0 Å². The van der Waals surface area contributed by atoms with E-state index in [1.807, 2.05) is 44.4 Å². The first-order valence-electron chi connectivity index (χ1n) is 8.57. The number of benzene rings is 2. The summed E-state index contributed by atoms with van der Waals surface area (Å²) in [5.41, 5.74) is 2.76. The number of nitrogens with one attached hydrogen (secondary N) is 1. The lowest BCUT2D eigenvalue weighted by molar-refractivity contribution is 0.0941. The van der Waals surface area contributed by atoms with Crippen molar-refractivity contribution >= 4 is 5.91 Å². The Morgan fingerprint density at radius 1 is 1.12 bits per heavy atom. The molecule has 0 radical (unpaired) electrons.